The van der Waals surface area contributed by atoms with Gasteiger partial charge < -0.3 is 25.3 Å². The molecule has 4 N–H and O–H groups in total. The van der Waals surface area contributed by atoms with Gasteiger partial charge in [0.25, 0.3) is 0 Å². The molecule has 2 aromatic rings. The summed E-state index contributed by atoms with van der Waals surface area (Å²) in [7, 11) is 0. The van der Waals surface area contributed by atoms with E-state index in [1.165, 1.54) is 6.33 Å². The van der Waals surface area contributed by atoms with Gasteiger partial charge in [-0.3, -0.25) is 4.79 Å². The van der Waals surface area contributed by atoms with Crippen LogP contribution in [0.4, 0.5) is 5.82 Å². The fourth-order valence-corrected chi connectivity index (χ4v) is 3.39. The monoisotopic (exact) mass is 370 g/mol. The van der Waals surface area contributed by atoms with Crippen molar-refractivity contribution in [3.63, 3.8) is 0 Å². The summed E-state index contributed by atoms with van der Waals surface area (Å²) in [6, 6.07) is 0. The highest BCUT2D eigenvalue weighted by molar-refractivity contribution is 9.10. The molecular formula is C13H15BrN4O4. The molecular weight excluding hydrogens is 356 g/mol. The summed E-state index contributed by atoms with van der Waals surface area (Å²) in [6.07, 6.45) is 1.16. The number of ether oxygens (including phenoxy) is 1. The summed E-state index contributed by atoms with van der Waals surface area (Å²) in [4.78, 5) is 19.3. The molecule has 2 unspecified atom stereocenters. The number of aliphatic hydroxyl groups is 2. The Labute approximate surface area is 134 Å². The number of halogens is 1. The zero-order valence-corrected chi connectivity index (χ0v) is 13.3. The van der Waals surface area contributed by atoms with Gasteiger partial charge >= 0.3 is 0 Å². The maximum absolute atomic E-state index is 11.3. The molecule has 0 radical (unpaired) electrons. The Balaban J connectivity index is 2.19. The van der Waals surface area contributed by atoms with Gasteiger partial charge in [-0.2, -0.15) is 0 Å². The molecule has 0 spiro atoms. The van der Waals surface area contributed by atoms with E-state index in [0.29, 0.717) is 22.9 Å². The number of anilines is 1. The summed E-state index contributed by atoms with van der Waals surface area (Å²) in [5.74, 6) is 0.194. The number of aliphatic hydroxyl groups excluding tert-OH is 2. The van der Waals surface area contributed by atoms with Crippen LogP contribution < -0.4 is 5.73 Å². The van der Waals surface area contributed by atoms with Crippen LogP contribution in [0.2, 0.25) is 0 Å². The Kier molecular flexibility index (Phi) is 3.68. The van der Waals surface area contributed by atoms with Crippen LogP contribution in [-0.4, -0.2) is 54.2 Å². The minimum atomic E-state index is -0.932. The lowest BCUT2D eigenvalue weighted by molar-refractivity contribution is -0.0437. The van der Waals surface area contributed by atoms with Gasteiger partial charge in [0.05, 0.1) is 16.3 Å². The van der Waals surface area contributed by atoms with Crippen molar-refractivity contribution in [2.75, 3.05) is 12.3 Å². The average molecular weight is 371 g/mol. The van der Waals surface area contributed by atoms with Gasteiger partial charge in [0, 0.05) is 11.8 Å². The van der Waals surface area contributed by atoms with Crippen molar-refractivity contribution in [1.82, 2.24) is 14.5 Å². The first-order chi connectivity index (χ1) is 10.4. The van der Waals surface area contributed by atoms with Crippen molar-refractivity contribution >= 4 is 39.1 Å². The first-order valence-electron chi connectivity index (χ1n) is 6.61. The molecule has 8 nitrogen and oxygen atoms in total. The van der Waals surface area contributed by atoms with Crippen LogP contribution in [0, 0.1) is 0 Å². The Bertz CT molecular complexity index is 732. The van der Waals surface area contributed by atoms with Crippen molar-refractivity contribution in [3.8, 4) is 0 Å². The first kappa shape index (κ1) is 15.3. The maximum Gasteiger partial charge on any atom is 0.153 e. The van der Waals surface area contributed by atoms with E-state index in [1.54, 1.807) is 17.7 Å². The second-order valence-electron chi connectivity index (χ2n) is 5.37. The number of rotatable bonds is 3. The van der Waals surface area contributed by atoms with Crippen LogP contribution in [-0.2, 0) is 4.74 Å². The summed E-state index contributed by atoms with van der Waals surface area (Å²) in [5, 5.41) is 20.0. The van der Waals surface area contributed by atoms with Crippen LogP contribution in [0.15, 0.2) is 12.5 Å². The SMILES string of the molecule is C[C@@]1(Br)C(O)C(CO)O[C@H]1n1cc(C=O)c2c(N)ncnc21. The number of carbonyl (C=O) groups is 1. The van der Waals surface area contributed by atoms with E-state index in [9.17, 15) is 15.0 Å². The quantitative estimate of drug-likeness (QED) is 0.521. The zero-order valence-electron chi connectivity index (χ0n) is 11.7. The van der Waals surface area contributed by atoms with Gasteiger partial charge in [-0.25, -0.2) is 9.97 Å². The number of nitrogens with zero attached hydrogens (tertiary/aromatic N) is 3. The second-order valence-corrected chi connectivity index (χ2v) is 7.08. The van der Waals surface area contributed by atoms with E-state index in [2.05, 4.69) is 25.9 Å². The van der Waals surface area contributed by atoms with Crippen LogP contribution >= 0.6 is 15.9 Å². The molecule has 0 bridgehead atoms. The molecule has 1 fully saturated rings. The fourth-order valence-electron chi connectivity index (χ4n) is 2.77. The van der Waals surface area contributed by atoms with Gasteiger partial charge in [-0.15, -0.1) is 0 Å². The van der Waals surface area contributed by atoms with E-state index >= 15 is 0 Å². The first-order valence-corrected chi connectivity index (χ1v) is 7.40. The summed E-state index contributed by atoms with van der Waals surface area (Å²) in [6.45, 7) is 1.42. The summed E-state index contributed by atoms with van der Waals surface area (Å²) < 4.78 is 6.48. The largest absolute Gasteiger partial charge is 0.394 e. The Morgan fingerprint density at radius 2 is 2.32 bits per heavy atom. The lowest BCUT2D eigenvalue weighted by atomic mass is 10.0. The van der Waals surface area contributed by atoms with Gasteiger partial charge in [-0.05, 0) is 6.92 Å². The topological polar surface area (TPSA) is 123 Å². The Hall–Kier alpha value is -1.55. The van der Waals surface area contributed by atoms with Crippen LogP contribution in [0.3, 0.4) is 0 Å². The van der Waals surface area contributed by atoms with Crippen molar-refractivity contribution in [2.45, 2.75) is 29.7 Å². The third-order valence-corrected chi connectivity index (χ3v) is 4.81. The Morgan fingerprint density at radius 1 is 1.59 bits per heavy atom. The summed E-state index contributed by atoms with van der Waals surface area (Å²) in [5.41, 5.74) is 6.59. The molecule has 2 aromatic heterocycles. The molecule has 1 aliphatic heterocycles. The molecule has 1 saturated heterocycles. The van der Waals surface area contributed by atoms with Gasteiger partial charge in [0.1, 0.15) is 30.0 Å². The molecule has 22 heavy (non-hydrogen) atoms. The van der Waals surface area contributed by atoms with Gasteiger partial charge in [-0.1, -0.05) is 15.9 Å². The minimum Gasteiger partial charge on any atom is -0.394 e. The highest BCUT2D eigenvalue weighted by Crippen LogP contribution is 2.46. The van der Waals surface area contributed by atoms with Crippen molar-refractivity contribution in [1.29, 1.82) is 0 Å². The number of fused-ring (bicyclic) bond motifs is 1. The normalized spacial score (nSPS) is 31.7. The van der Waals surface area contributed by atoms with E-state index < -0.39 is 22.8 Å². The molecule has 9 heteroatoms. The average Bonchev–Trinajstić information content (AvgIpc) is 2.97. The molecule has 0 amide bonds. The molecule has 118 valence electrons. The van der Waals surface area contributed by atoms with Crippen molar-refractivity contribution in [2.24, 2.45) is 0 Å². The number of nitrogens with two attached hydrogens (primary N) is 1. The lowest BCUT2D eigenvalue weighted by Crippen LogP contribution is -2.39. The summed E-state index contributed by atoms with van der Waals surface area (Å²) >= 11 is 3.46. The minimum absolute atomic E-state index is 0.194. The van der Waals surface area contributed by atoms with Crippen LogP contribution in [0.25, 0.3) is 11.0 Å². The van der Waals surface area contributed by atoms with E-state index in [4.69, 9.17) is 10.5 Å². The lowest BCUT2D eigenvalue weighted by Gasteiger charge is -2.27. The third kappa shape index (κ3) is 2.04. The highest BCUT2D eigenvalue weighted by Gasteiger charge is 2.52. The smallest absolute Gasteiger partial charge is 0.153 e. The zero-order chi connectivity index (χ0) is 16.1. The van der Waals surface area contributed by atoms with E-state index in [-0.39, 0.29) is 12.4 Å². The maximum atomic E-state index is 11.3. The van der Waals surface area contributed by atoms with Gasteiger partial charge in [0.2, 0.25) is 0 Å². The number of aldehydes is 1. The van der Waals surface area contributed by atoms with Crippen LogP contribution in [0.1, 0.15) is 23.5 Å². The van der Waals surface area contributed by atoms with Crippen molar-refractivity contribution in [3.05, 3.63) is 18.1 Å². The fraction of sp³-hybridized carbons (Fsp3) is 0.462. The number of carbonyl (C=O) groups excluding carboxylic acids is 1. The number of alkyl halides is 1. The molecule has 0 aromatic carbocycles. The molecule has 1 aliphatic rings. The standard InChI is InChI=1S/C13H15BrN4O4/c1-13(14)9(21)7(4-20)22-12(13)18-2-6(3-19)8-10(15)16-5-17-11(8)18/h2-3,5,7,9,12,20-21H,4H2,1H3,(H2,15,16,17)/t7?,9?,12-,13-/m1/s1. The number of nitrogen functional groups attached to an aromatic ring is 1. The van der Waals surface area contributed by atoms with E-state index in [1.807, 2.05) is 0 Å². The molecule has 3 rings (SSSR count). The third-order valence-electron chi connectivity index (χ3n) is 3.94. The van der Waals surface area contributed by atoms with Crippen molar-refractivity contribution < 1.29 is 19.7 Å². The predicted molar refractivity (Wildman–Crippen MR) is 81.7 cm³/mol. The van der Waals surface area contributed by atoms with Crippen LogP contribution in [0.5, 0.6) is 0 Å². The highest BCUT2D eigenvalue weighted by atomic mass is 79.9. The molecule has 3 heterocycles. The molecule has 0 aliphatic carbocycles. The number of hydrogen-bond donors (Lipinski definition) is 3. The van der Waals surface area contributed by atoms with Gasteiger partial charge in [0.15, 0.2) is 12.5 Å². The number of aromatic nitrogens is 3. The van der Waals surface area contributed by atoms with E-state index in [0.717, 1.165) is 0 Å². The molecule has 4 atom stereocenters. The molecule has 0 saturated carbocycles. The second kappa shape index (κ2) is 5.27. The predicted octanol–water partition coefficient (Wildman–Crippen LogP) is 0.230. The number of hydrogen-bond acceptors (Lipinski definition) is 7. The Morgan fingerprint density at radius 3 is 2.91 bits per heavy atom.